The fraction of sp³-hybridized carbons (Fsp3) is 0.429. The van der Waals surface area contributed by atoms with Gasteiger partial charge in [-0.1, -0.05) is 5.16 Å². The highest BCUT2D eigenvalue weighted by molar-refractivity contribution is 7.89. The summed E-state index contributed by atoms with van der Waals surface area (Å²) in [5, 5.41) is 13.0. The number of nitrogens with zero attached hydrogens (tertiary/aromatic N) is 1. The predicted molar refractivity (Wildman–Crippen MR) is 80.0 cm³/mol. The molecule has 0 aliphatic rings. The maximum atomic E-state index is 12.4. The van der Waals surface area contributed by atoms with E-state index in [-0.39, 0.29) is 28.5 Å². The molecule has 2 heterocycles. The van der Waals surface area contributed by atoms with Crippen LogP contribution in [-0.2, 0) is 16.4 Å². The molecule has 0 atom stereocenters. The maximum absolute atomic E-state index is 12.4. The van der Waals surface area contributed by atoms with Crippen LogP contribution in [0.1, 0.15) is 38.9 Å². The van der Waals surface area contributed by atoms with Gasteiger partial charge in [-0.05, 0) is 34.1 Å². The number of aryl methyl sites for hydroxylation is 4. The summed E-state index contributed by atoms with van der Waals surface area (Å²) in [7, 11) is -4.00. The molecule has 2 aromatic rings. The summed E-state index contributed by atoms with van der Waals surface area (Å²) in [6.45, 7) is 6.44. The third kappa shape index (κ3) is 3.30. The van der Waals surface area contributed by atoms with Crippen LogP contribution in [0.2, 0.25) is 0 Å². The number of carbonyl (C=O) groups is 1. The van der Waals surface area contributed by atoms with Gasteiger partial charge in [0.15, 0.2) is 0 Å². The molecule has 2 rings (SSSR count). The highest BCUT2D eigenvalue weighted by Crippen LogP contribution is 2.26. The first kappa shape index (κ1) is 17.2. The van der Waals surface area contributed by atoms with Gasteiger partial charge < -0.3 is 14.0 Å². The highest BCUT2D eigenvalue weighted by Gasteiger charge is 2.30. The lowest BCUT2D eigenvalue weighted by Gasteiger charge is -2.07. The number of hydrogen-bond donors (Lipinski definition) is 2. The molecule has 9 heteroatoms. The van der Waals surface area contributed by atoms with Gasteiger partial charge in [0, 0.05) is 12.1 Å². The van der Waals surface area contributed by atoms with Crippen molar-refractivity contribution < 1.29 is 27.3 Å². The van der Waals surface area contributed by atoms with Crippen LogP contribution in [0.4, 0.5) is 0 Å². The molecule has 0 saturated heterocycles. The molecular weight excluding hydrogens is 324 g/mol. The Morgan fingerprint density at radius 3 is 2.35 bits per heavy atom. The van der Waals surface area contributed by atoms with Crippen LogP contribution in [0.3, 0.4) is 0 Å². The Balaban J connectivity index is 2.22. The number of carboxylic acid groups (broad SMARTS) is 1. The fourth-order valence-electron chi connectivity index (χ4n) is 2.48. The second-order valence-corrected chi connectivity index (χ2v) is 6.88. The Morgan fingerprint density at radius 2 is 1.83 bits per heavy atom. The van der Waals surface area contributed by atoms with E-state index < -0.39 is 16.0 Å². The molecule has 0 aromatic carbocycles. The number of aromatic carboxylic acids is 1. The number of rotatable bonds is 6. The second-order valence-electron chi connectivity index (χ2n) is 5.17. The second kappa shape index (κ2) is 6.17. The van der Waals surface area contributed by atoms with E-state index in [1.807, 2.05) is 0 Å². The predicted octanol–water partition coefficient (Wildman–Crippen LogP) is 1.72. The molecule has 0 amide bonds. The Hall–Kier alpha value is -2.13. The normalized spacial score (nSPS) is 11.8. The van der Waals surface area contributed by atoms with Crippen LogP contribution in [0.15, 0.2) is 13.8 Å². The summed E-state index contributed by atoms with van der Waals surface area (Å²) in [4.78, 5) is 10.9. The molecule has 8 nitrogen and oxygen atoms in total. The highest BCUT2D eigenvalue weighted by atomic mass is 32.2. The largest absolute Gasteiger partial charge is 0.478 e. The van der Waals surface area contributed by atoms with Gasteiger partial charge in [0.2, 0.25) is 10.0 Å². The number of aromatic nitrogens is 1. The van der Waals surface area contributed by atoms with Gasteiger partial charge in [0.05, 0.1) is 5.69 Å². The minimum absolute atomic E-state index is 0.0461. The zero-order valence-electron chi connectivity index (χ0n) is 13.3. The Labute approximate surface area is 133 Å². The Kier molecular flexibility index (Phi) is 4.62. The average molecular weight is 342 g/mol. The summed E-state index contributed by atoms with van der Waals surface area (Å²) in [5.74, 6) is -0.612. The van der Waals surface area contributed by atoms with Crippen molar-refractivity contribution in [2.75, 3.05) is 6.54 Å². The van der Waals surface area contributed by atoms with Crippen LogP contribution in [0, 0.1) is 27.7 Å². The van der Waals surface area contributed by atoms with Crippen LogP contribution < -0.4 is 4.72 Å². The van der Waals surface area contributed by atoms with Crippen molar-refractivity contribution in [3.63, 3.8) is 0 Å². The smallest absolute Gasteiger partial charge is 0.340 e. The van der Waals surface area contributed by atoms with E-state index in [2.05, 4.69) is 9.88 Å². The van der Waals surface area contributed by atoms with E-state index in [1.165, 1.54) is 13.8 Å². The van der Waals surface area contributed by atoms with Crippen LogP contribution >= 0.6 is 0 Å². The molecule has 0 spiro atoms. The van der Waals surface area contributed by atoms with Gasteiger partial charge in [-0.15, -0.1) is 0 Å². The summed E-state index contributed by atoms with van der Waals surface area (Å²) in [6, 6.07) is 0. The Bertz CT molecular complexity index is 827. The zero-order chi connectivity index (χ0) is 17.4. The molecular formula is C14H18N2O6S. The molecule has 0 fully saturated rings. The van der Waals surface area contributed by atoms with E-state index in [1.54, 1.807) is 13.8 Å². The van der Waals surface area contributed by atoms with E-state index in [0.717, 1.165) is 5.56 Å². The average Bonchev–Trinajstić information content (AvgIpc) is 2.91. The van der Waals surface area contributed by atoms with Crippen molar-refractivity contribution in [1.29, 1.82) is 0 Å². The lowest BCUT2D eigenvalue weighted by atomic mass is 10.1. The van der Waals surface area contributed by atoms with E-state index in [9.17, 15) is 18.3 Å². The van der Waals surface area contributed by atoms with Crippen molar-refractivity contribution >= 4 is 16.0 Å². The third-order valence-electron chi connectivity index (χ3n) is 3.54. The first-order valence-electron chi connectivity index (χ1n) is 6.89. The maximum Gasteiger partial charge on any atom is 0.340 e. The van der Waals surface area contributed by atoms with Gasteiger partial charge in [0.1, 0.15) is 27.7 Å². The monoisotopic (exact) mass is 342 g/mol. The quantitative estimate of drug-likeness (QED) is 0.819. The number of hydrogen-bond acceptors (Lipinski definition) is 6. The van der Waals surface area contributed by atoms with Gasteiger partial charge in [-0.2, -0.15) is 0 Å². The van der Waals surface area contributed by atoms with Crippen molar-refractivity contribution in [2.45, 2.75) is 39.0 Å². The minimum Gasteiger partial charge on any atom is -0.478 e. The van der Waals surface area contributed by atoms with Gasteiger partial charge in [0.25, 0.3) is 0 Å². The van der Waals surface area contributed by atoms with Gasteiger partial charge in [-0.25, -0.2) is 17.9 Å². The fourth-order valence-corrected chi connectivity index (χ4v) is 3.91. The first-order valence-corrected chi connectivity index (χ1v) is 8.38. The van der Waals surface area contributed by atoms with Crippen molar-refractivity contribution in [3.05, 3.63) is 34.1 Å². The van der Waals surface area contributed by atoms with Crippen LogP contribution in [0.25, 0.3) is 0 Å². The number of sulfonamides is 1. The first-order chi connectivity index (χ1) is 10.6. The topological polar surface area (TPSA) is 123 Å². The summed E-state index contributed by atoms with van der Waals surface area (Å²) >= 11 is 0. The minimum atomic E-state index is -4.00. The molecule has 2 aromatic heterocycles. The third-order valence-corrected chi connectivity index (χ3v) is 5.15. The van der Waals surface area contributed by atoms with E-state index in [0.29, 0.717) is 17.9 Å². The van der Waals surface area contributed by atoms with Gasteiger partial charge in [-0.3, -0.25) is 0 Å². The molecule has 0 unspecified atom stereocenters. The number of nitrogens with one attached hydrogen (secondary N) is 1. The number of carboxylic acids is 1. The zero-order valence-corrected chi connectivity index (χ0v) is 14.1. The molecule has 0 saturated carbocycles. The lowest BCUT2D eigenvalue weighted by Crippen LogP contribution is -2.27. The molecule has 2 N–H and O–H groups in total. The van der Waals surface area contributed by atoms with E-state index in [4.69, 9.17) is 8.94 Å². The van der Waals surface area contributed by atoms with Crippen LogP contribution in [0.5, 0.6) is 0 Å². The Morgan fingerprint density at radius 1 is 1.17 bits per heavy atom. The van der Waals surface area contributed by atoms with E-state index >= 15 is 0 Å². The van der Waals surface area contributed by atoms with Gasteiger partial charge >= 0.3 is 5.97 Å². The standard InChI is InChI=1S/C14H18N2O6S/c1-7-11(8(2)22-16-7)5-6-15-23(19,20)13-10(4)21-9(3)12(13)14(17)18/h15H,5-6H2,1-4H3,(H,17,18). The molecule has 0 aliphatic carbocycles. The molecule has 23 heavy (non-hydrogen) atoms. The summed E-state index contributed by atoms with van der Waals surface area (Å²) < 4.78 is 37.4. The lowest BCUT2D eigenvalue weighted by molar-refractivity contribution is 0.0691. The molecule has 126 valence electrons. The van der Waals surface area contributed by atoms with Crippen molar-refractivity contribution in [1.82, 2.24) is 9.88 Å². The van der Waals surface area contributed by atoms with Crippen LogP contribution in [-0.4, -0.2) is 31.2 Å². The molecule has 0 aliphatic heterocycles. The number of furan rings is 1. The van der Waals surface area contributed by atoms with Crippen molar-refractivity contribution in [2.24, 2.45) is 0 Å². The molecule has 0 bridgehead atoms. The SMILES string of the molecule is Cc1noc(C)c1CCNS(=O)(=O)c1c(C)oc(C)c1C(=O)O. The molecule has 0 radical (unpaired) electrons. The summed E-state index contributed by atoms with van der Waals surface area (Å²) in [5.41, 5.74) is 1.18. The summed E-state index contributed by atoms with van der Waals surface area (Å²) in [6.07, 6.45) is 0.388. The van der Waals surface area contributed by atoms with Crippen molar-refractivity contribution in [3.8, 4) is 0 Å².